The summed E-state index contributed by atoms with van der Waals surface area (Å²) in [5.41, 5.74) is 2.49. The molecule has 0 spiro atoms. The van der Waals surface area contributed by atoms with Gasteiger partial charge in [0.25, 0.3) is 0 Å². The van der Waals surface area contributed by atoms with Crippen LogP contribution in [0.2, 0.25) is 0 Å². The summed E-state index contributed by atoms with van der Waals surface area (Å²) < 4.78 is 23.6. The Balaban J connectivity index is 1.56. The molecule has 0 aliphatic carbocycles. The molecule has 0 atom stereocenters. The molecule has 2 heterocycles. The van der Waals surface area contributed by atoms with Gasteiger partial charge in [0.2, 0.25) is 5.95 Å². The molecule has 2 aromatic rings. The van der Waals surface area contributed by atoms with E-state index in [0.29, 0.717) is 12.4 Å². The van der Waals surface area contributed by atoms with Crippen LogP contribution in [0.4, 0.5) is 4.39 Å². The Bertz CT molecular complexity index is 569. The van der Waals surface area contributed by atoms with Gasteiger partial charge in [-0.1, -0.05) is 12.1 Å². The zero-order chi connectivity index (χ0) is 13.1. The second-order valence-electron chi connectivity index (χ2n) is 4.46. The van der Waals surface area contributed by atoms with Gasteiger partial charge < -0.3 is 9.47 Å². The van der Waals surface area contributed by atoms with Gasteiger partial charge in [0, 0.05) is 12.8 Å². The van der Waals surface area contributed by atoms with Crippen LogP contribution in [0.25, 0.3) is 0 Å². The molecule has 0 bridgehead atoms. The van der Waals surface area contributed by atoms with E-state index in [-0.39, 0.29) is 0 Å². The van der Waals surface area contributed by atoms with Crippen molar-refractivity contribution in [3.8, 4) is 11.5 Å². The summed E-state index contributed by atoms with van der Waals surface area (Å²) in [7, 11) is 0. The van der Waals surface area contributed by atoms with Crippen molar-refractivity contribution in [2.45, 2.75) is 12.8 Å². The quantitative estimate of drug-likeness (QED) is 0.791. The van der Waals surface area contributed by atoms with Gasteiger partial charge in [0.15, 0.2) is 0 Å². The van der Waals surface area contributed by atoms with E-state index in [1.165, 1.54) is 23.4 Å². The molecule has 1 aromatic carbocycles. The van der Waals surface area contributed by atoms with Gasteiger partial charge in [0.05, 0.1) is 19.4 Å². The normalized spacial score (nSPS) is 12.9. The van der Waals surface area contributed by atoms with E-state index < -0.39 is 5.95 Å². The highest BCUT2D eigenvalue weighted by Gasteiger charge is 2.11. The lowest BCUT2D eigenvalue weighted by Crippen LogP contribution is -2.02. The Morgan fingerprint density at radius 1 is 1.26 bits per heavy atom. The van der Waals surface area contributed by atoms with Crippen LogP contribution in [-0.2, 0) is 12.8 Å². The fourth-order valence-electron chi connectivity index (χ4n) is 2.13. The molecule has 0 amide bonds. The van der Waals surface area contributed by atoms with Gasteiger partial charge in [-0.15, -0.1) is 0 Å². The number of fused-ring (bicyclic) bond motifs is 1. The van der Waals surface area contributed by atoms with E-state index in [2.05, 4.69) is 17.1 Å². The number of ether oxygens (including phenoxy) is 2. The lowest BCUT2D eigenvalue weighted by atomic mass is 10.1. The first-order valence-electron chi connectivity index (χ1n) is 6.30. The lowest BCUT2D eigenvalue weighted by Gasteiger charge is -2.07. The van der Waals surface area contributed by atoms with Gasteiger partial charge in [-0.2, -0.15) is 4.39 Å². The maximum atomic E-state index is 12.6. The number of aromatic nitrogens is 1. The third-order valence-corrected chi connectivity index (χ3v) is 3.11. The van der Waals surface area contributed by atoms with Crippen molar-refractivity contribution in [1.82, 2.24) is 4.98 Å². The fraction of sp³-hybridized carbons (Fsp3) is 0.267. The number of hydrogen-bond donors (Lipinski definition) is 0. The van der Waals surface area contributed by atoms with Crippen molar-refractivity contribution in [2.24, 2.45) is 0 Å². The van der Waals surface area contributed by atoms with Crippen molar-refractivity contribution in [3.05, 3.63) is 53.6 Å². The molecule has 3 nitrogen and oxygen atoms in total. The third kappa shape index (κ3) is 2.84. The van der Waals surface area contributed by atoms with Crippen LogP contribution in [0, 0.1) is 5.95 Å². The number of hydrogen-bond acceptors (Lipinski definition) is 3. The fourth-order valence-corrected chi connectivity index (χ4v) is 2.13. The minimum Gasteiger partial charge on any atom is -0.493 e. The monoisotopic (exact) mass is 259 g/mol. The molecule has 0 fully saturated rings. The van der Waals surface area contributed by atoms with Crippen LogP contribution in [0.1, 0.15) is 11.1 Å². The van der Waals surface area contributed by atoms with Gasteiger partial charge >= 0.3 is 0 Å². The number of benzene rings is 1. The topological polar surface area (TPSA) is 31.4 Å². The third-order valence-electron chi connectivity index (χ3n) is 3.11. The average Bonchev–Trinajstić information content (AvgIpc) is 2.88. The maximum absolute atomic E-state index is 12.6. The van der Waals surface area contributed by atoms with Crippen LogP contribution in [-0.4, -0.2) is 18.2 Å². The summed E-state index contributed by atoms with van der Waals surface area (Å²) in [6.45, 7) is 1.32. The summed E-state index contributed by atoms with van der Waals surface area (Å²) in [6, 6.07) is 9.10. The first-order valence-corrected chi connectivity index (χ1v) is 6.30. The van der Waals surface area contributed by atoms with Crippen LogP contribution in [0.3, 0.4) is 0 Å². The van der Waals surface area contributed by atoms with E-state index in [9.17, 15) is 4.39 Å². The van der Waals surface area contributed by atoms with E-state index in [1.54, 1.807) is 6.07 Å². The molecule has 0 saturated carbocycles. The molecule has 98 valence electrons. The highest BCUT2D eigenvalue weighted by Crippen LogP contribution is 2.26. The molecule has 1 aromatic heterocycles. The van der Waals surface area contributed by atoms with Crippen molar-refractivity contribution in [2.75, 3.05) is 13.2 Å². The molecule has 0 N–H and O–H groups in total. The van der Waals surface area contributed by atoms with Crippen molar-refractivity contribution < 1.29 is 13.9 Å². The van der Waals surface area contributed by atoms with Crippen molar-refractivity contribution >= 4 is 0 Å². The predicted molar refractivity (Wildman–Crippen MR) is 69.0 cm³/mol. The summed E-state index contributed by atoms with van der Waals surface area (Å²) in [6.07, 6.45) is 3.18. The maximum Gasteiger partial charge on any atom is 0.213 e. The molecule has 1 aliphatic heterocycles. The number of halogens is 1. The van der Waals surface area contributed by atoms with Crippen LogP contribution in [0.15, 0.2) is 36.5 Å². The van der Waals surface area contributed by atoms with E-state index in [0.717, 1.165) is 25.2 Å². The Morgan fingerprint density at radius 3 is 3.05 bits per heavy atom. The molecule has 3 rings (SSSR count). The van der Waals surface area contributed by atoms with Crippen molar-refractivity contribution in [1.29, 1.82) is 0 Å². The second kappa shape index (κ2) is 5.26. The molecular weight excluding hydrogens is 245 g/mol. The average molecular weight is 259 g/mol. The highest BCUT2D eigenvalue weighted by molar-refractivity contribution is 5.39. The Labute approximate surface area is 111 Å². The molecular formula is C15H14FNO2. The highest BCUT2D eigenvalue weighted by atomic mass is 19.1. The van der Waals surface area contributed by atoms with Gasteiger partial charge in [-0.3, -0.25) is 0 Å². The first-order chi connectivity index (χ1) is 9.31. The minimum absolute atomic E-state index is 0.494. The van der Waals surface area contributed by atoms with Gasteiger partial charge in [-0.05, 0) is 29.3 Å². The molecule has 1 aliphatic rings. The second-order valence-corrected chi connectivity index (χ2v) is 4.46. The molecule has 0 saturated heterocycles. The Morgan fingerprint density at radius 2 is 2.21 bits per heavy atom. The largest absolute Gasteiger partial charge is 0.493 e. The smallest absolute Gasteiger partial charge is 0.213 e. The van der Waals surface area contributed by atoms with E-state index >= 15 is 0 Å². The summed E-state index contributed by atoms with van der Waals surface area (Å²) in [5, 5.41) is 0. The van der Waals surface area contributed by atoms with Crippen molar-refractivity contribution in [3.63, 3.8) is 0 Å². The number of nitrogens with zero attached hydrogens (tertiary/aromatic N) is 1. The van der Waals surface area contributed by atoms with Gasteiger partial charge in [-0.25, -0.2) is 4.98 Å². The van der Waals surface area contributed by atoms with Gasteiger partial charge in [0.1, 0.15) is 11.5 Å². The zero-order valence-corrected chi connectivity index (χ0v) is 10.4. The standard InChI is InChI=1S/C15H14FNO2/c16-15-4-2-13(10-17-15)18-7-5-11-1-3-14-12(9-11)6-8-19-14/h1-4,9-10H,5-8H2. The van der Waals surface area contributed by atoms with E-state index in [4.69, 9.17) is 9.47 Å². The summed E-state index contributed by atoms with van der Waals surface area (Å²) in [4.78, 5) is 3.54. The van der Waals surface area contributed by atoms with Crippen LogP contribution in [0.5, 0.6) is 11.5 Å². The number of rotatable bonds is 4. The Hall–Kier alpha value is -2.10. The van der Waals surface area contributed by atoms with Crippen LogP contribution < -0.4 is 9.47 Å². The molecule has 19 heavy (non-hydrogen) atoms. The number of pyridine rings is 1. The minimum atomic E-state index is -0.494. The van der Waals surface area contributed by atoms with E-state index in [1.807, 2.05) is 6.07 Å². The lowest BCUT2D eigenvalue weighted by molar-refractivity contribution is 0.319. The van der Waals surface area contributed by atoms with Crippen LogP contribution >= 0.6 is 0 Å². The predicted octanol–water partition coefficient (Wildman–Crippen LogP) is 2.78. The zero-order valence-electron chi connectivity index (χ0n) is 10.4. The molecule has 0 unspecified atom stereocenters. The summed E-state index contributed by atoms with van der Waals surface area (Å²) in [5.74, 6) is 1.09. The summed E-state index contributed by atoms with van der Waals surface area (Å²) >= 11 is 0. The SMILES string of the molecule is Fc1ccc(OCCc2ccc3c(c2)CCO3)cn1. The molecule has 0 radical (unpaired) electrons. The Kier molecular flexibility index (Phi) is 3.31. The first kappa shape index (κ1) is 12.0. The molecule has 4 heteroatoms.